The molecule has 0 atom stereocenters. The molecule has 0 saturated heterocycles. The molecule has 0 saturated carbocycles. The molecular weight excluding hydrogens is 522 g/mol. The first-order valence-corrected chi connectivity index (χ1v) is 12.8. The monoisotopic (exact) mass is 551 g/mol. The van der Waals surface area contributed by atoms with E-state index >= 15 is 0 Å². The van der Waals surface area contributed by atoms with E-state index in [-0.39, 0.29) is 11.7 Å². The largest absolute Gasteiger partial charge is 0.497 e. The first-order valence-electron chi connectivity index (χ1n) is 12.8. The topological polar surface area (TPSA) is 115 Å². The smallest absolute Gasteiger partial charge is 0.343 e. The van der Waals surface area contributed by atoms with E-state index in [0.29, 0.717) is 46.0 Å². The van der Waals surface area contributed by atoms with E-state index in [2.05, 4.69) is 15.8 Å². The number of carbonyl (C=O) groups is 3. The van der Waals surface area contributed by atoms with Crippen LogP contribution in [0.1, 0.15) is 49.1 Å². The molecule has 4 aromatic carbocycles. The maximum absolute atomic E-state index is 12.7. The highest BCUT2D eigenvalue weighted by Gasteiger charge is 2.14. The lowest BCUT2D eigenvalue weighted by atomic mass is 10.1. The average Bonchev–Trinajstić information content (AvgIpc) is 2.98. The fraction of sp³-hybridized carbons (Fsp3) is 0.125. The van der Waals surface area contributed by atoms with Gasteiger partial charge in [0.2, 0.25) is 0 Å². The fourth-order valence-electron chi connectivity index (χ4n) is 3.80. The number of aryl methyl sites for hydroxylation is 1. The number of methoxy groups -OCH3 is 1. The van der Waals surface area contributed by atoms with Gasteiger partial charge in [0.05, 0.1) is 25.5 Å². The number of nitrogens with one attached hydrogen (secondary N) is 2. The normalized spacial score (nSPS) is 10.6. The van der Waals surface area contributed by atoms with Crippen molar-refractivity contribution < 1.29 is 28.6 Å². The van der Waals surface area contributed by atoms with E-state index in [1.807, 2.05) is 26.0 Å². The van der Waals surface area contributed by atoms with Crippen molar-refractivity contribution in [1.29, 1.82) is 0 Å². The molecule has 0 aliphatic rings. The molecule has 208 valence electrons. The highest BCUT2D eigenvalue weighted by atomic mass is 16.6. The molecule has 0 spiro atoms. The van der Waals surface area contributed by atoms with Gasteiger partial charge in [0, 0.05) is 16.8 Å². The van der Waals surface area contributed by atoms with Crippen LogP contribution in [0.15, 0.2) is 96.1 Å². The molecular formula is C32H29N3O6. The van der Waals surface area contributed by atoms with Crippen molar-refractivity contribution in [1.82, 2.24) is 5.43 Å². The second kappa shape index (κ2) is 13.6. The summed E-state index contributed by atoms with van der Waals surface area (Å²) in [6.07, 6.45) is 1.44. The van der Waals surface area contributed by atoms with Crippen LogP contribution >= 0.6 is 0 Å². The van der Waals surface area contributed by atoms with Crippen molar-refractivity contribution in [2.45, 2.75) is 13.8 Å². The van der Waals surface area contributed by atoms with Gasteiger partial charge in [0.15, 0.2) is 11.5 Å². The number of benzene rings is 4. The Morgan fingerprint density at radius 1 is 0.805 bits per heavy atom. The van der Waals surface area contributed by atoms with Crippen LogP contribution in [0.4, 0.5) is 5.69 Å². The summed E-state index contributed by atoms with van der Waals surface area (Å²) < 4.78 is 16.3. The molecule has 2 N–H and O–H groups in total. The molecule has 0 radical (unpaired) electrons. The van der Waals surface area contributed by atoms with Gasteiger partial charge in [-0.25, -0.2) is 10.2 Å². The van der Waals surface area contributed by atoms with Crippen molar-refractivity contribution in [3.63, 3.8) is 0 Å². The van der Waals surface area contributed by atoms with Crippen molar-refractivity contribution in [2.75, 3.05) is 19.0 Å². The van der Waals surface area contributed by atoms with Gasteiger partial charge in [-0.05, 0) is 92.2 Å². The van der Waals surface area contributed by atoms with E-state index in [0.717, 1.165) is 5.56 Å². The Morgan fingerprint density at radius 3 is 2.24 bits per heavy atom. The highest BCUT2D eigenvalue weighted by Crippen LogP contribution is 2.29. The summed E-state index contributed by atoms with van der Waals surface area (Å²) in [5.74, 6) is -0.0416. The molecule has 9 nitrogen and oxygen atoms in total. The number of amides is 2. The lowest BCUT2D eigenvalue weighted by molar-refractivity contribution is 0.0728. The number of carbonyl (C=O) groups excluding carboxylic acids is 3. The predicted molar refractivity (Wildman–Crippen MR) is 156 cm³/mol. The van der Waals surface area contributed by atoms with Crippen molar-refractivity contribution >= 4 is 29.7 Å². The van der Waals surface area contributed by atoms with E-state index in [1.54, 1.807) is 86.0 Å². The third kappa shape index (κ3) is 7.79. The Kier molecular flexibility index (Phi) is 9.45. The zero-order valence-corrected chi connectivity index (χ0v) is 22.8. The molecule has 9 heteroatoms. The first-order chi connectivity index (χ1) is 19.9. The molecule has 0 aromatic heterocycles. The van der Waals surface area contributed by atoms with Gasteiger partial charge in [0.25, 0.3) is 11.8 Å². The van der Waals surface area contributed by atoms with Crippen molar-refractivity contribution in [2.24, 2.45) is 5.10 Å². The second-order valence-corrected chi connectivity index (χ2v) is 8.86. The maximum Gasteiger partial charge on any atom is 0.343 e. The average molecular weight is 552 g/mol. The van der Waals surface area contributed by atoms with Gasteiger partial charge in [-0.2, -0.15) is 5.10 Å². The van der Waals surface area contributed by atoms with Crippen molar-refractivity contribution in [3.05, 3.63) is 119 Å². The quantitative estimate of drug-likeness (QED) is 0.114. The van der Waals surface area contributed by atoms with Crippen molar-refractivity contribution in [3.8, 4) is 17.2 Å². The number of anilines is 1. The molecule has 41 heavy (non-hydrogen) atoms. The number of hydrogen-bond acceptors (Lipinski definition) is 7. The van der Waals surface area contributed by atoms with Gasteiger partial charge in [-0.15, -0.1) is 0 Å². The Balaban J connectivity index is 1.39. The molecule has 0 fully saturated rings. The molecule has 0 unspecified atom stereocenters. The predicted octanol–water partition coefficient (Wildman–Crippen LogP) is 5.64. The summed E-state index contributed by atoms with van der Waals surface area (Å²) in [5, 5.41) is 6.84. The molecule has 0 heterocycles. The summed E-state index contributed by atoms with van der Waals surface area (Å²) in [4.78, 5) is 37.8. The first kappa shape index (κ1) is 28.6. The molecule has 0 aliphatic carbocycles. The summed E-state index contributed by atoms with van der Waals surface area (Å²) in [7, 11) is 1.55. The van der Waals surface area contributed by atoms with E-state index < -0.39 is 11.9 Å². The molecule has 4 rings (SSSR count). The number of nitrogens with zero attached hydrogens (tertiary/aromatic N) is 1. The van der Waals surface area contributed by atoms with Gasteiger partial charge < -0.3 is 19.5 Å². The SMILES string of the molecule is CCOc1cc(C=NNC(=O)c2cccc(NC(=O)c3cccc(C)c3)c2)ccc1OC(=O)c1ccc(OC)cc1. The standard InChI is InChI=1S/C32H29N3O6/c1-4-40-29-18-22(11-16-28(29)41-32(38)23-12-14-27(39-3)15-13-23)20-33-35-31(37)25-9-6-10-26(19-25)34-30(36)24-8-5-7-21(2)17-24/h5-20H,4H2,1-3H3,(H,34,36)(H,35,37). The van der Waals surface area contributed by atoms with Crippen LogP contribution in [0.5, 0.6) is 17.2 Å². The van der Waals surface area contributed by atoms with Gasteiger partial charge in [0.1, 0.15) is 5.75 Å². The minimum Gasteiger partial charge on any atom is -0.497 e. The van der Waals surface area contributed by atoms with Crippen LogP contribution in [0.3, 0.4) is 0 Å². The fourth-order valence-corrected chi connectivity index (χ4v) is 3.80. The lowest BCUT2D eigenvalue weighted by Crippen LogP contribution is -2.18. The number of ether oxygens (including phenoxy) is 3. The molecule has 0 bridgehead atoms. The lowest BCUT2D eigenvalue weighted by Gasteiger charge is -2.11. The van der Waals surface area contributed by atoms with Crippen LogP contribution in [0.2, 0.25) is 0 Å². The number of hydrogen-bond donors (Lipinski definition) is 2. The summed E-state index contributed by atoms with van der Waals surface area (Å²) >= 11 is 0. The van der Waals surface area contributed by atoms with Crippen LogP contribution in [0.25, 0.3) is 0 Å². The molecule has 2 amide bonds. The molecule has 4 aromatic rings. The van der Waals surface area contributed by atoms with E-state index in [1.165, 1.54) is 6.21 Å². The number of rotatable bonds is 10. The zero-order chi connectivity index (χ0) is 29.2. The maximum atomic E-state index is 12.7. The Bertz CT molecular complexity index is 1580. The van der Waals surface area contributed by atoms with E-state index in [4.69, 9.17) is 14.2 Å². The Morgan fingerprint density at radius 2 is 1.54 bits per heavy atom. The van der Waals surface area contributed by atoms with Gasteiger partial charge in [-0.3, -0.25) is 9.59 Å². The second-order valence-electron chi connectivity index (χ2n) is 8.86. The Hall–Kier alpha value is -5.44. The third-order valence-electron chi connectivity index (χ3n) is 5.84. The summed E-state index contributed by atoms with van der Waals surface area (Å²) in [6.45, 7) is 4.07. The summed E-state index contributed by atoms with van der Waals surface area (Å²) in [6, 6.07) is 25.3. The van der Waals surface area contributed by atoms with Crippen LogP contribution in [0, 0.1) is 6.92 Å². The van der Waals surface area contributed by atoms with Crippen LogP contribution < -0.4 is 25.0 Å². The minimum absolute atomic E-state index is 0.248. The minimum atomic E-state index is -0.542. The van der Waals surface area contributed by atoms with Crippen LogP contribution in [-0.2, 0) is 0 Å². The third-order valence-corrected chi connectivity index (χ3v) is 5.84. The number of hydrazone groups is 1. The summed E-state index contributed by atoms with van der Waals surface area (Å²) in [5.41, 5.74) is 5.75. The number of esters is 1. The Labute approximate surface area is 237 Å². The van der Waals surface area contributed by atoms with E-state index in [9.17, 15) is 14.4 Å². The van der Waals surface area contributed by atoms with Gasteiger partial charge in [-0.1, -0.05) is 23.8 Å². The van der Waals surface area contributed by atoms with Crippen LogP contribution in [-0.4, -0.2) is 37.7 Å². The van der Waals surface area contributed by atoms with Gasteiger partial charge >= 0.3 is 5.97 Å². The molecule has 0 aliphatic heterocycles. The zero-order valence-electron chi connectivity index (χ0n) is 22.8. The highest BCUT2D eigenvalue weighted by molar-refractivity contribution is 6.05.